The topological polar surface area (TPSA) is 98.7 Å². The lowest BCUT2D eigenvalue weighted by molar-refractivity contribution is 0.0948. The van der Waals surface area contributed by atoms with E-state index in [0.717, 1.165) is 16.5 Å². The van der Waals surface area contributed by atoms with E-state index in [9.17, 15) is 4.79 Å². The first-order valence-corrected chi connectivity index (χ1v) is 10.3. The quantitative estimate of drug-likeness (QED) is 0.429. The fourth-order valence-corrected chi connectivity index (χ4v) is 3.52. The lowest BCUT2D eigenvalue weighted by atomic mass is 10.0. The molecule has 0 aliphatic rings. The Morgan fingerprint density at radius 2 is 1.78 bits per heavy atom. The largest absolute Gasteiger partial charge is 0.350 e. The van der Waals surface area contributed by atoms with Gasteiger partial charge in [0.15, 0.2) is 5.69 Å². The van der Waals surface area contributed by atoms with Crippen LogP contribution in [0.1, 0.15) is 21.9 Å². The van der Waals surface area contributed by atoms with E-state index in [1.807, 2.05) is 48.5 Å². The van der Waals surface area contributed by atoms with Crippen LogP contribution in [0.4, 0.5) is 0 Å². The summed E-state index contributed by atoms with van der Waals surface area (Å²) in [4.78, 5) is 16.8. The van der Waals surface area contributed by atoms with E-state index in [0.29, 0.717) is 31.2 Å². The van der Waals surface area contributed by atoms with E-state index in [4.69, 9.17) is 4.52 Å². The normalized spacial score (nSPS) is 11.0. The molecule has 3 aromatic carbocycles. The average molecular weight is 424 g/mol. The monoisotopic (exact) mass is 424 g/mol. The number of fused-ring (bicyclic) bond motifs is 1. The third-order valence-electron chi connectivity index (χ3n) is 5.11. The highest BCUT2D eigenvalue weighted by molar-refractivity contribution is 5.91. The molecule has 32 heavy (non-hydrogen) atoms. The van der Waals surface area contributed by atoms with Gasteiger partial charge in [-0.15, -0.1) is 5.10 Å². The Morgan fingerprint density at radius 3 is 2.69 bits per heavy atom. The molecule has 0 radical (unpaired) electrons. The molecular weight excluding hydrogens is 404 g/mol. The predicted molar refractivity (Wildman–Crippen MR) is 119 cm³/mol. The van der Waals surface area contributed by atoms with Gasteiger partial charge in [0, 0.05) is 18.5 Å². The number of nitrogens with zero attached hydrogens (tertiary/aromatic N) is 5. The summed E-state index contributed by atoms with van der Waals surface area (Å²) in [5.74, 6) is 0.698. The van der Waals surface area contributed by atoms with Crippen molar-refractivity contribution in [3.8, 4) is 11.4 Å². The first kappa shape index (κ1) is 19.6. The molecular formula is C24H20N6O2. The Morgan fingerprint density at radius 1 is 0.969 bits per heavy atom. The SMILES string of the molecule is O=C(NCCc1nc(-c2ccccc2)no1)c1cn(Cc2cccc3ccccc23)nn1. The lowest BCUT2D eigenvalue weighted by Crippen LogP contribution is -2.26. The Labute approximate surface area is 183 Å². The summed E-state index contributed by atoms with van der Waals surface area (Å²) >= 11 is 0. The van der Waals surface area contributed by atoms with Crippen molar-refractivity contribution in [2.75, 3.05) is 6.54 Å². The van der Waals surface area contributed by atoms with Gasteiger partial charge in [-0.25, -0.2) is 4.68 Å². The standard InChI is InChI=1S/C24H20N6O2/c31-24(25-14-13-22-26-23(28-32-22)18-8-2-1-3-9-18)21-16-30(29-27-21)15-19-11-6-10-17-7-4-5-12-20(17)19/h1-12,16H,13-15H2,(H,25,31). The van der Waals surface area contributed by atoms with Gasteiger partial charge in [0.25, 0.3) is 5.91 Å². The van der Waals surface area contributed by atoms with E-state index < -0.39 is 0 Å². The van der Waals surface area contributed by atoms with Gasteiger partial charge in [-0.3, -0.25) is 4.79 Å². The van der Waals surface area contributed by atoms with Crippen LogP contribution in [-0.2, 0) is 13.0 Å². The highest BCUT2D eigenvalue weighted by Crippen LogP contribution is 2.19. The summed E-state index contributed by atoms with van der Waals surface area (Å²) < 4.78 is 6.94. The highest BCUT2D eigenvalue weighted by Gasteiger charge is 2.13. The lowest BCUT2D eigenvalue weighted by Gasteiger charge is -2.06. The van der Waals surface area contributed by atoms with Gasteiger partial charge in [0.05, 0.1) is 12.7 Å². The number of nitrogens with one attached hydrogen (secondary N) is 1. The van der Waals surface area contributed by atoms with E-state index in [1.54, 1.807) is 10.9 Å². The molecule has 158 valence electrons. The second kappa shape index (κ2) is 8.81. The van der Waals surface area contributed by atoms with Crippen molar-refractivity contribution in [2.24, 2.45) is 0 Å². The van der Waals surface area contributed by atoms with Crippen LogP contribution in [0.3, 0.4) is 0 Å². The van der Waals surface area contributed by atoms with E-state index in [2.05, 4.69) is 50.0 Å². The zero-order chi connectivity index (χ0) is 21.8. The molecule has 0 unspecified atom stereocenters. The fourth-order valence-electron chi connectivity index (χ4n) is 3.52. The molecule has 0 fully saturated rings. The summed E-state index contributed by atoms with van der Waals surface area (Å²) in [6.07, 6.45) is 2.08. The van der Waals surface area contributed by atoms with Crippen molar-refractivity contribution in [3.05, 3.63) is 96.1 Å². The first-order valence-electron chi connectivity index (χ1n) is 10.3. The Kier molecular flexibility index (Phi) is 5.40. The molecule has 0 bridgehead atoms. The number of amides is 1. The minimum Gasteiger partial charge on any atom is -0.350 e. The van der Waals surface area contributed by atoms with Crippen molar-refractivity contribution < 1.29 is 9.32 Å². The minimum absolute atomic E-state index is 0.265. The molecule has 0 saturated heterocycles. The van der Waals surface area contributed by atoms with Gasteiger partial charge in [-0.05, 0) is 16.3 Å². The van der Waals surface area contributed by atoms with Crippen LogP contribution in [0.5, 0.6) is 0 Å². The van der Waals surface area contributed by atoms with Crippen LogP contribution >= 0.6 is 0 Å². The maximum absolute atomic E-state index is 12.4. The summed E-state index contributed by atoms with van der Waals surface area (Å²) in [7, 11) is 0. The van der Waals surface area contributed by atoms with Crippen LogP contribution < -0.4 is 5.32 Å². The third kappa shape index (κ3) is 4.24. The van der Waals surface area contributed by atoms with E-state index in [-0.39, 0.29) is 11.6 Å². The van der Waals surface area contributed by atoms with Crippen LogP contribution in [-0.4, -0.2) is 37.6 Å². The number of aromatic nitrogens is 5. The Hall–Kier alpha value is -4.33. The van der Waals surface area contributed by atoms with E-state index in [1.165, 1.54) is 5.39 Å². The molecule has 8 heteroatoms. The van der Waals surface area contributed by atoms with Crippen LogP contribution in [0.15, 0.2) is 83.5 Å². The maximum Gasteiger partial charge on any atom is 0.273 e. The van der Waals surface area contributed by atoms with Gasteiger partial charge >= 0.3 is 0 Å². The molecule has 1 N–H and O–H groups in total. The van der Waals surface area contributed by atoms with Crippen molar-refractivity contribution >= 4 is 16.7 Å². The smallest absolute Gasteiger partial charge is 0.273 e. The second-order valence-electron chi connectivity index (χ2n) is 7.32. The van der Waals surface area contributed by atoms with Gasteiger partial charge in [0.1, 0.15) is 0 Å². The maximum atomic E-state index is 12.4. The molecule has 1 amide bonds. The molecule has 0 aliphatic heterocycles. The fraction of sp³-hybridized carbons (Fsp3) is 0.125. The van der Waals surface area contributed by atoms with Crippen molar-refractivity contribution in [1.29, 1.82) is 0 Å². The predicted octanol–water partition coefficient (Wildman–Crippen LogP) is 3.50. The number of carbonyl (C=O) groups is 1. The number of hydrogen-bond acceptors (Lipinski definition) is 6. The summed E-state index contributed by atoms with van der Waals surface area (Å²) in [5, 5.41) is 17.2. The molecule has 5 rings (SSSR count). The molecule has 0 spiro atoms. The zero-order valence-corrected chi connectivity index (χ0v) is 17.2. The summed E-state index contributed by atoms with van der Waals surface area (Å²) in [6.45, 7) is 0.886. The van der Waals surface area contributed by atoms with Gasteiger partial charge in [-0.2, -0.15) is 4.98 Å². The molecule has 0 saturated carbocycles. The van der Waals surface area contributed by atoms with Crippen molar-refractivity contribution in [1.82, 2.24) is 30.5 Å². The Bertz CT molecular complexity index is 1350. The molecule has 2 aromatic heterocycles. The highest BCUT2D eigenvalue weighted by atomic mass is 16.5. The van der Waals surface area contributed by atoms with E-state index >= 15 is 0 Å². The van der Waals surface area contributed by atoms with Crippen LogP contribution in [0, 0.1) is 0 Å². The Balaban J connectivity index is 1.18. The molecule has 8 nitrogen and oxygen atoms in total. The average Bonchev–Trinajstić information content (AvgIpc) is 3.50. The number of hydrogen-bond donors (Lipinski definition) is 1. The number of rotatable bonds is 7. The van der Waals surface area contributed by atoms with Gasteiger partial charge in [-0.1, -0.05) is 83.2 Å². The summed E-state index contributed by atoms with van der Waals surface area (Å²) in [6, 6.07) is 23.9. The number of carbonyl (C=O) groups excluding carboxylic acids is 1. The minimum atomic E-state index is -0.294. The molecule has 2 heterocycles. The molecule has 5 aromatic rings. The molecule has 0 atom stereocenters. The van der Waals surface area contributed by atoms with Crippen molar-refractivity contribution in [3.63, 3.8) is 0 Å². The first-order chi connectivity index (χ1) is 15.8. The van der Waals surface area contributed by atoms with Crippen LogP contribution in [0.25, 0.3) is 22.2 Å². The van der Waals surface area contributed by atoms with Crippen LogP contribution in [0.2, 0.25) is 0 Å². The third-order valence-corrected chi connectivity index (χ3v) is 5.11. The number of benzene rings is 3. The second-order valence-corrected chi connectivity index (χ2v) is 7.32. The van der Waals surface area contributed by atoms with Crippen molar-refractivity contribution in [2.45, 2.75) is 13.0 Å². The zero-order valence-electron chi connectivity index (χ0n) is 17.2. The summed E-state index contributed by atoms with van der Waals surface area (Å²) in [5.41, 5.74) is 2.26. The van der Waals surface area contributed by atoms with Gasteiger partial charge in [0.2, 0.25) is 11.7 Å². The molecule has 0 aliphatic carbocycles. The van der Waals surface area contributed by atoms with Gasteiger partial charge < -0.3 is 9.84 Å².